The van der Waals surface area contributed by atoms with Crippen LogP contribution in [-0.2, 0) is 0 Å². The molecule has 1 amide bonds. The molecule has 186 valence electrons. The molecule has 3 aromatic rings. The molecule has 35 heavy (non-hydrogen) atoms. The number of ether oxygens (including phenoxy) is 1. The van der Waals surface area contributed by atoms with Gasteiger partial charge in [0.05, 0.1) is 0 Å². The van der Waals surface area contributed by atoms with Crippen molar-refractivity contribution in [2.45, 2.75) is 50.2 Å². The molecular formula is C26H25F4NO4. The van der Waals surface area contributed by atoms with E-state index < -0.39 is 24.5 Å². The van der Waals surface area contributed by atoms with Crippen molar-refractivity contribution in [3.8, 4) is 16.9 Å². The molecule has 1 heterocycles. The predicted octanol–water partition coefficient (Wildman–Crippen LogP) is 6.00. The van der Waals surface area contributed by atoms with Crippen LogP contribution in [0.25, 0.3) is 22.1 Å². The van der Waals surface area contributed by atoms with Crippen LogP contribution in [0, 0.1) is 11.2 Å². The molecule has 1 aromatic heterocycles. The Labute approximate surface area is 199 Å². The van der Waals surface area contributed by atoms with Gasteiger partial charge in [-0.15, -0.1) is 0 Å². The summed E-state index contributed by atoms with van der Waals surface area (Å²) in [6, 6.07) is 9.81. The lowest BCUT2D eigenvalue weighted by atomic mass is 9.57. The number of amides is 1. The molecular weight excluding hydrogens is 466 g/mol. The number of para-hydroxylation sites is 1. The van der Waals surface area contributed by atoms with Gasteiger partial charge < -0.3 is 19.6 Å². The van der Waals surface area contributed by atoms with Crippen molar-refractivity contribution in [3.63, 3.8) is 0 Å². The smallest absolute Gasteiger partial charge is 0.422 e. The highest BCUT2D eigenvalue weighted by Gasteiger charge is 2.49. The minimum atomic E-state index is -4.53. The van der Waals surface area contributed by atoms with Crippen LogP contribution in [-0.4, -0.2) is 35.9 Å². The van der Waals surface area contributed by atoms with Gasteiger partial charge in [0.15, 0.2) is 12.4 Å². The molecule has 3 saturated carbocycles. The summed E-state index contributed by atoms with van der Waals surface area (Å²) in [5.41, 5.74) is 0.196. The molecule has 2 bridgehead atoms. The average molecular weight is 491 g/mol. The fraction of sp³-hybridized carbons (Fsp3) is 0.423. The minimum absolute atomic E-state index is 0.000477. The summed E-state index contributed by atoms with van der Waals surface area (Å²) in [4.78, 5) is 13.1. The number of rotatable bonds is 6. The van der Waals surface area contributed by atoms with Crippen molar-refractivity contribution in [3.05, 3.63) is 54.0 Å². The number of hydrogen-bond acceptors (Lipinski definition) is 4. The van der Waals surface area contributed by atoms with E-state index in [-0.39, 0.29) is 45.8 Å². The SMILES string of the molecule is O=C(NC12CCC(CO)(CC1)CC2)c1cc2cc(F)cc(-c3ccccc3OCC(F)(F)F)c2o1. The molecule has 0 radical (unpaired) electrons. The molecule has 0 atom stereocenters. The second kappa shape index (κ2) is 8.55. The zero-order valence-corrected chi connectivity index (χ0v) is 18.9. The van der Waals surface area contributed by atoms with E-state index in [1.54, 1.807) is 6.07 Å². The van der Waals surface area contributed by atoms with E-state index in [1.807, 2.05) is 0 Å². The molecule has 5 nitrogen and oxygen atoms in total. The lowest BCUT2D eigenvalue weighted by molar-refractivity contribution is -0.153. The van der Waals surface area contributed by atoms with Crippen LogP contribution in [0.2, 0.25) is 0 Å². The lowest BCUT2D eigenvalue weighted by Gasteiger charge is -2.53. The summed E-state index contributed by atoms with van der Waals surface area (Å²) in [6.07, 6.45) is 0.292. The Morgan fingerprint density at radius 3 is 2.37 bits per heavy atom. The summed E-state index contributed by atoms with van der Waals surface area (Å²) in [6.45, 7) is -1.34. The molecule has 6 rings (SSSR count). The first-order valence-corrected chi connectivity index (χ1v) is 11.6. The number of aliphatic hydroxyl groups is 1. The Hall–Kier alpha value is -3.07. The standard InChI is InChI=1S/C26H25F4NO4/c27-17-11-16-12-21(23(33)31-25-8-5-24(14-32,6-9-25)7-10-25)35-22(16)19(13-17)18-3-1-2-4-20(18)34-15-26(28,29)30/h1-4,11-13,32H,5-10,14-15H2,(H,31,33). The molecule has 0 unspecified atom stereocenters. The van der Waals surface area contributed by atoms with Crippen molar-refractivity contribution in [2.75, 3.05) is 13.2 Å². The van der Waals surface area contributed by atoms with E-state index in [1.165, 1.54) is 30.3 Å². The van der Waals surface area contributed by atoms with Gasteiger partial charge in [0.25, 0.3) is 5.91 Å². The van der Waals surface area contributed by atoms with Gasteiger partial charge in [-0.05, 0) is 68.2 Å². The van der Waals surface area contributed by atoms with Crippen molar-refractivity contribution in [2.24, 2.45) is 5.41 Å². The average Bonchev–Trinajstić information content (AvgIpc) is 3.27. The summed E-state index contributed by atoms with van der Waals surface area (Å²) < 4.78 is 63.5. The Balaban J connectivity index is 1.45. The van der Waals surface area contributed by atoms with Crippen LogP contribution >= 0.6 is 0 Å². The van der Waals surface area contributed by atoms with E-state index in [9.17, 15) is 27.5 Å². The zero-order chi connectivity index (χ0) is 24.8. The largest absolute Gasteiger partial charge is 0.483 e. The van der Waals surface area contributed by atoms with Crippen LogP contribution in [0.15, 0.2) is 46.9 Å². The van der Waals surface area contributed by atoms with Crippen molar-refractivity contribution in [1.29, 1.82) is 0 Å². The number of fused-ring (bicyclic) bond motifs is 4. The Morgan fingerprint density at radius 1 is 1.03 bits per heavy atom. The Bertz CT molecular complexity index is 1240. The van der Waals surface area contributed by atoms with Gasteiger partial charge in [-0.25, -0.2) is 4.39 Å². The maximum Gasteiger partial charge on any atom is 0.422 e. The van der Waals surface area contributed by atoms with E-state index in [0.717, 1.165) is 44.6 Å². The molecule has 2 aromatic carbocycles. The number of aliphatic hydroxyl groups excluding tert-OH is 1. The number of hydrogen-bond donors (Lipinski definition) is 2. The number of alkyl halides is 3. The van der Waals surface area contributed by atoms with Gasteiger partial charge in [0.2, 0.25) is 0 Å². The molecule has 2 N–H and O–H groups in total. The topological polar surface area (TPSA) is 71.7 Å². The van der Waals surface area contributed by atoms with Crippen LogP contribution < -0.4 is 10.1 Å². The third kappa shape index (κ3) is 4.61. The second-order valence-corrected chi connectivity index (χ2v) is 9.77. The highest BCUT2D eigenvalue weighted by molar-refractivity contribution is 6.01. The third-order valence-electron chi connectivity index (χ3n) is 7.49. The van der Waals surface area contributed by atoms with Gasteiger partial charge in [-0.3, -0.25) is 4.79 Å². The molecule has 9 heteroatoms. The molecule has 0 aliphatic heterocycles. The minimum Gasteiger partial charge on any atom is -0.483 e. The van der Waals surface area contributed by atoms with E-state index in [2.05, 4.69) is 5.32 Å². The molecule has 0 saturated heterocycles. The van der Waals surface area contributed by atoms with Crippen molar-refractivity contribution >= 4 is 16.9 Å². The monoisotopic (exact) mass is 491 g/mol. The number of carbonyl (C=O) groups excluding carboxylic acids is 1. The Kier molecular flexibility index (Phi) is 5.78. The van der Waals surface area contributed by atoms with Crippen LogP contribution in [0.3, 0.4) is 0 Å². The second-order valence-electron chi connectivity index (χ2n) is 9.77. The lowest BCUT2D eigenvalue weighted by Crippen LogP contribution is -2.57. The van der Waals surface area contributed by atoms with Gasteiger partial charge >= 0.3 is 6.18 Å². The number of furan rings is 1. The number of nitrogens with one attached hydrogen (secondary N) is 1. The van der Waals surface area contributed by atoms with Crippen LogP contribution in [0.5, 0.6) is 5.75 Å². The summed E-state index contributed by atoms with van der Waals surface area (Å²) in [7, 11) is 0. The quantitative estimate of drug-likeness (QED) is 0.415. The van der Waals surface area contributed by atoms with Gasteiger partial charge in [-0.1, -0.05) is 18.2 Å². The normalized spacial score (nSPS) is 24.0. The third-order valence-corrected chi connectivity index (χ3v) is 7.49. The van der Waals surface area contributed by atoms with E-state index in [4.69, 9.17) is 9.15 Å². The predicted molar refractivity (Wildman–Crippen MR) is 121 cm³/mol. The number of halogens is 4. The fourth-order valence-electron chi connectivity index (χ4n) is 5.39. The summed E-state index contributed by atoms with van der Waals surface area (Å²) in [5, 5.41) is 13.2. The molecule has 0 spiro atoms. The fourth-order valence-corrected chi connectivity index (χ4v) is 5.39. The molecule has 3 fully saturated rings. The van der Waals surface area contributed by atoms with Crippen LogP contribution in [0.4, 0.5) is 17.6 Å². The van der Waals surface area contributed by atoms with E-state index >= 15 is 0 Å². The van der Waals surface area contributed by atoms with Crippen molar-refractivity contribution in [1.82, 2.24) is 5.32 Å². The summed E-state index contributed by atoms with van der Waals surface area (Å²) >= 11 is 0. The van der Waals surface area contributed by atoms with Gasteiger partial charge in [0.1, 0.15) is 17.1 Å². The molecule has 3 aliphatic rings. The van der Waals surface area contributed by atoms with E-state index in [0.29, 0.717) is 5.39 Å². The first-order chi connectivity index (χ1) is 16.6. The zero-order valence-electron chi connectivity index (χ0n) is 18.9. The Morgan fingerprint density at radius 2 is 1.71 bits per heavy atom. The maximum absolute atomic E-state index is 14.5. The number of carbonyl (C=O) groups is 1. The highest BCUT2D eigenvalue weighted by Crippen LogP contribution is 2.52. The first-order valence-electron chi connectivity index (χ1n) is 11.6. The van der Waals surface area contributed by atoms with Gasteiger partial charge in [-0.2, -0.15) is 13.2 Å². The molecule has 3 aliphatic carbocycles. The maximum atomic E-state index is 14.5. The summed E-state index contributed by atoms with van der Waals surface area (Å²) in [5.74, 6) is -1.12. The highest BCUT2D eigenvalue weighted by atomic mass is 19.4. The van der Waals surface area contributed by atoms with Crippen LogP contribution in [0.1, 0.15) is 49.1 Å². The first kappa shape index (κ1) is 23.7. The van der Waals surface area contributed by atoms with Gasteiger partial charge in [0, 0.05) is 28.7 Å². The number of benzene rings is 2. The van der Waals surface area contributed by atoms with Crippen molar-refractivity contribution < 1.29 is 36.6 Å².